The Morgan fingerprint density at radius 2 is 1.83 bits per heavy atom. The van der Waals surface area contributed by atoms with Gasteiger partial charge < -0.3 is 15.7 Å². The Balaban J connectivity index is 2.90. The number of anilines is 1. The van der Waals surface area contributed by atoms with E-state index in [1.54, 1.807) is 12.1 Å². The van der Waals surface area contributed by atoms with Crippen LogP contribution in [0.3, 0.4) is 0 Å². The molecule has 0 aliphatic rings. The lowest BCUT2D eigenvalue weighted by Crippen LogP contribution is -2.36. The molecule has 0 fully saturated rings. The quantitative estimate of drug-likeness (QED) is 0.797. The molecule has 18 heavy (non-hydrogen) atoms. The van der Waals surface area contributed by atoms with E-state index in [9.17, 15) is 9.59 Å². The highest BCUT2D eigenvalue weighted by atomic mass is 16.4. The van der Waals surface area contributed by atoms with E-state index < -0.39 is 11.9 Å². The number of hydrogen-bond acceptors (Lipinski definition) is 3. The zero-order valence-corrected chi connectivity index (χ0v) is 10.6. The van der Waals surface area contributed by atoms with E-state index in [4.69, 9.17) is 10.8 Å². The van der Waals surface area contributed by atoms with Gasteiger partial charge in [-0.3, -0.25) is 4.79 Å². The Morgan fingerprint density at radius 1 is 1.28 bits per heavy atom. The van der Waals surface area contributed by atoms with Gasteiger partial charge in [-0.25, -0.2) is 4.79 Å². The van der Waals surface area contributed by atoms with Crippen molar-refractivity contribution in [2.24, 2.45) is 11.7 Å². The van der Waals surface area contributed by atoms with Gasteiger partial charge in [0.25, 0.3) is 0 Å². The van der Waals surface area contributed by atoms with Gasteiger partial charge in [0.2, 0.25) is 5.91 Å². The van der Waals surface area contributed by atoms with Crippen molar-refractivity contribution in [2.45, 2.75) is 13.8 Å². The molecular weight excluding hydrogens is 232 g/mol. The highest BCUT2D eigenvalue weighted by Crippen LogP contribution is 2.16. The van der Waals surface area contributed by atoms with Crippen molar-refractivity contribution in [2.75, 3.05) is 18.0 Å². The first-order valence-corrected chi connectivity index (χ1v) is 5.76. The van der Waals surface area contributed by atoms with E-state index >= 15 is 0 Å². The van der Waals surface area contributed by atoms with Crippen LogP contribution in [-0.2, 0) is 4.79 Å². The smallest absolute Gasteiger partial charge is 0.335 e. The second-order valence-corrected chi connectivity index (χ2v) is 4.59. The zero-order chi connectivity index (χ0) is 13.7. The Morgan fingerprint density at radius 3 is 2.22 bits per heavy atom. The molecule has 1 aromatic rings. The lowest BCUT2D eigenvalue weighted by Gasteiger charge is -2.25. The fourth-order valence-electron chi connectivity index (χ4n) is 1.70. The summed E-state index contributed by atoms with van der Waals surface area (Å²) in [6.07, 6.45) is 0. The van der Waals surface area contributed by atoms with Crippen LogP contribution in [0.25, 0.3) is 0 Å². The maximum absolute atomic E-state index is 11.0. The molecule has 0 heterocycles. The first-order chi connectivity index (χ1) is 8.40. The van der Waals surface area contributed by atoms with Crippen LogP contribution in [0.5, 0.6) is 0 Å². The minimum Gasteiger partial charge on any atom is -0.478 e. The zero-order valence-electron chi connectivity index (χ0n) is 10.6. The van der Waals surface area contributed by atoms with Crippen LogP contribution in [0.4, 0.5) is 5.69 Å². The van der Waals surface area contributed by atoms with Crippen molar-refractivity contribution in [3.8, 4) is 0 Å². The summed E-state index contributed by atoms with van der Waals surface area (Å²) < 4.78 is 0. The number of nitrogens with two attached hydrogens (primary N) is 1. The number of carboxylic acids is 1. The minimum atomic E-state index is -0.966. The summed E-state index contributed by atoms with van der Waals surface area (Å²) >= 11 is 0. The Hall–Kier alpha value is -2.04. The molecule has 0 spiro atoms. The Labute approximate surface area is 106 Å². The van der Waals surface area contributed by atoms with Crippen molar-refractivity contribution in [1.29, 1.82) is 0 Å². The van der Waals surface area contributed by atoms with Gasteiger partial charge in [-0.2, -0.15) is 0 Å². The molecule has 0 unspecified atom stereocenters. The fourth-order valence-corrected chi connectivity index (χ4v) is 1.70. The standard InChI is InChI=1S/C13H18N2O3/c1-9(2)7-15(8-12(14)16)11-5-3-10(4-6-11)13(17)18/h3-6,9H,7-8H2,1-2H3,(H2,14,16)(H,17,18). The summed E-state index contributed by atoms with van der Waals surface area (Å²) in [5.74, 6) is -0.992. The average Bonchev–Trinajstić information content (AvgIpc) is 2.27. The van der Waals surface area contributed by atoms with E-state index in [1.165, 1.54) is 12.1 Å². The molecule has 1 aromatic carbocycles. The van der Waals surface area contributed by atoms with Crippen molar-refractivity contribution >= 4 is 17.6 Å². The second-order valence-electron chi connectivity index (χ2n) is 4.59. The van der Waals surface area contributed by atoms with Gasteiger partial charge in [0, 0.05) is 12.2 Å². The summed E-state index contributed by atoms with van der Waals surface area (Å²) in [4.78, 5) is 23.6. The fraction of sp³-hybridized carbons (Fsp3) is 0.385. The third kappa shape index (κ3) is 4.08. The second kappa shape index (κ2) is 6.05. The number of rotatable bonds is 6. The number of carboxylic acid groups (broad SMARTS) is 1. The van der Waals surface area contributed by atoms with Gasteiger partial charge in [0.05, 0.1) is 12.1 Å². The molecule has 0 bridgehead atoms. The van der Waals surface area contributed by atoms with E-state index in [-0.39, 0.29) is 12.1 Å². The first kappa shape index (κ1) is 14.0. The number of carbonyl (C=O) groups excluding carboxylic acids is 1. The molecule has 0 saturated heterocycles. The monoisotopic (exact) mass is 250 g/mol. The maximum atomic E-state index is 11.0. The average molecular weight is 250 g/mol. The van der Waals surface area contributed by atoms with Crippen LogP contribution in [0, 0.1) is 5.92 Å². The number of aromatic carboxylic acids is 1. The highest BCUT2D eigenvalue weighted by Gasteiger charge is 2.12. The molecule has 0 atom stereocenters. The molecule has 0 aromatic heterocycles. The lowest BCUT2D eigenvalue weighted by atomic mass is 10.1. The summed E-state index contributed by atoms with van der Waals surface area (Å²) in [7, 11) is 0. The van der Waals surface area contributed by atoms with Crippen molar-refractivity contribution in [3.05, 3.63) is 29.8 Å². The maximum Gasteiger partial charge on any atom is 0.335 e. The number of hydrogen-bond donors (Lipinski definition) is 2. The number of nitrogens with zero attached hydrogens (tertiary/aromatic N) is 1. The molecule has 0 aliphatic heterocycles. The van der Waals surface area contributed by atoms with Gasteiger partial charge in [0.1, 0.15) is 0 Å². The van der Waals surface area contributed by atoms with Crippen molar-refractivity contribution in [3.63, 3.8) is 0 Å². The van der Waals surface area contributed by atoms with Gasteiger partial charge in [0.15, 0.2) is 0 Å². The van der Waals surface area contributed by atoms with Crippen LogP contribution >= 0.6 is 0 Å². The third-order valence-electron chi connectivity index (χ3n) is 2.41. The van der Waals surface area contributed by atoms with Gasteiger partial charge in [-0.1, -0.05) is 13.8 Å². The van der Waals surface area contributed by atoms with E-state index in [0.717, 1.165) is 5.69 Å². The predicted molar refractivity (Wildman–Crippen MR) is 69.6 cm³/mol. The highest BCUT2D eigenvalue weighted by molar-refractivity contribution is 5.88. The molecule has 98 valence electrons. The molecular formula is C13H18N2O3. The predicted octanol–water partition coefficient (Wildman–Crippen LogP) is 1.33. The van der Waals surface area contributed by atoms with Crippen LogP contribution in [0.15, 0.2) is 24.3 Å². The van der Waals surface area contributed by atoms with Crippen molar-refractivity contribution in [1.82, 2.24) is 0 Å². The molecule has 0 radical (unpaired) electrons. The summed E-state index contributed by atoms with van der Waals surface area (Å²) in [6.45, 7) is 4.90. The summed E-state index contributed by atoms with van der Waals surface area (Å²) in [6, 6.07) is 6.42. The molecule has 0 saturated carbocycles. The van der Waals surface area contributed by atoms with Gasteiger partial charge >= 0.3 is 5.97 Å². The third-order valence-corrected chi connectivity index (χ3v) is 2.41. The molecule has 3 N–H and O–H groups in total. The number of amides is 1. The van der Waals surface area contributed by atoms with Gasteiger partial charge in [-0.15, -0.1) is 0 Å². The molecule has 1 amide bonds. The van der Waals surface area contributed by atoms with E-state index in [0.29, 0.717) is 12.5 Å². The summed E-state index contributed by atoms with van der Waals surface area (Å²) in [5.41, 5.74) is 6.23. The Kier molecular flexibility index (Phi) is 4.71. The summed E-state index contributed by atoms with van der Waals surface area (Å²) in [5, 5.41) is 8.82. The van der Waals surface area contributed by atoms with Crippen LogP contribution in [0.1, 0.15) is 24.2 Å². The molecule has 1 rings (SSSR count). The van der Waals surface area contributed by atoms with Crippen LogP contribution in [0.2, 0.25) is 0 Å². The first-order valence-electron chi connectivity index (χ1n) is 5.76. The van der Waals surface area contributed by atoms with Gasteiger partial charge in [-0.05, 0) is 30.2 Å². The van der Waals surface area contributed by atoms with Crippen LogP contribution < -0.4 is 10.6 Å². The number of carbonyl (C=O) groups is 2. The largest absolute Gasteiger partial charge is 0.478 e. The molecule has 5 nitrogen and oxygen atoms in total. The Bertz CT molecular complexity index is 426. The SMILES string of the molecule is CC(C)CN(CC(N)=O)c1ccc(C(=O)O)cc1. The lowest BCUT2D eigenvalue weighted by molar-refractivity contribution is -0.116. The number of primary amides is 1. The molecule has 5 heteroatoms. The van der Waals surface area contributed by atoms with Crippen molar-refractivity contribution < 1.29 is 14.7 Å². The van der Waals surface area contributed by atoms with E-state index in [1.807, 2.05) is 18.7 Å². The number of benzene rings is 1. The topological polar surface area (TPSA) is 83.6 Å². The minimum absolute atomic E-state index is 0.130. The normalized spacial score (nSPS) is 10.4. The van der Waals surface area contributed by atoms with Crippen LogP contribution in [-0.4, -0.2) is 30.1 Å². The molecule has 0 aliphatic carbocycles. The van der Waals surface area contributed by atoms with E-state index in [2.05, 4.69) is 0 Å².